The van der Waals surface area contributed by atoms with Crippen molar-refractivity contribution >= 4 is 5.97 Å². The van der Waals surface area contributed by atoms with E-state index in [2.05, 4.69) is 38.1 Å². The zero-order valence-corrected chi connectivity index (χ0v) is 10.1. The molecule has 0 fully saturated rings. The molecular weight excluding hydrogens is 200 g/mol. The summed E-state index contributed by atoms with van der Waals surface area (Å²) in [6.45, 7) is 4.25. The maximum absolute atomic E-state index is 10.5. The third kappa shape index (κ3) is 4.05. The summed E-state index contributed by atoms with van der Waals surface area (Å²) in [6, 6.07) is 8.54. The Bertz CT molecular complexity index is 327. The van der Waals surface area contributed by atoms with Crippen LogP contribution in [0.4, 0.5) is 0 Å². The number of carbonyl (C=O) groups is 1. The first-order valence-electron chi connectivity index (χ1n) is 5.94. The van der Waals surface area contributed by atoms with Crippen molar-refractivity contribution in [2.45, 2.75) is 45.4 Å². The van der Waals surface area contributed by atoms with Crippen molar-refractivity contribution in [1.29, 1.82) is 0 Å². The minimum absolute atomic E-state index is 0.248. The molecule has 1 N–H and O–H groups in total. The van der Waals surface area contributed by atoms with E-state index in [1.54, 1.807) is 0 Å². The number of hydrogen-bond donors (Lipinski definition) is 1. The summed E-state index contributed by atoms with van der Waals surface area (Å²) in [5.41, 5.74) is 2.60. The molecule has 0 heterocycles. The second kappa shape index (κ2) is 6.31. The molecule has 1 rings (SSSR count). The van der Waals surface area contributed by atoms with Crippen molar-refractivity contribution in [3.8, 4) is 0 Å². The van der Waals surface area contributed by atoms with Crippen LogP contribution in [0.25, 0.3) is 0 Å². The molecule has 88 valence electrons. The molecule has 0 amide bonds. The lowest BCUT2D eigenvalue weighted by atomic mass is 9.95. The van der Waals surface area contributed by atoms with Crippen LogP contribution >= 0.6 is 0 Å². The smallest absolute Gasteiger partial charge is 0.303 e. The summed E-state index contributed by atoms with van der Waals surface area (Å²) in [4.78, 5) is 10.5. The molecule has 16 heavy (non-hydrogen) atoms. The van der Waals surface area contributed by atoms with Crippen LogP contribution in [0.1, 0.15) is 50.2 Å². The maximum Gasteiger partial charge on any atom is 0.303 e. The SMILES string of the molecule is CCCc1ccc(C(C)CCC(=O)O)cc1. The third-order valence-electron chi connectivity index (χ3n) is 2.88. The summed E-state index contributed by atoms with van der Waals surface area (Å²) in [5.74, 6) is -0.388. The molecular formula is C14H20O2. The molecule has 1 aromatic carbocycles. The van der Waals surface area contributed by atoms with E-state index in [9.17, 15) is 4.79 Å². The highest BCUT2D eigenvalue weighted by Crippen LogP contribution is 2.21. The van der Waals surface area contributed by atoms with Crippen LogP contribution in [0, 0.1) is 0 Å². The van der Waals surface area contributed by atoms with Gasteiger partial charge in [-0.05, 0) is 29.9 Å². The Balaban J connectivity index is 2.55. The molecule has 1 aromatic rings. The van der Waals surface area contributed by atoms with Gasteiger partial charge in [-0.2, -0.15) is 0 Å². The summed E-state index contributed by atoms with van der Waals surface area (Å²) in [5, 5.41) is 8.62. The Morgan fingerprint density at radius 1 is 1.31 bits per heavy atom. The predicted octanol–water partition coefficient (Wildman–Crippen LogP) is 3.61. The van der Waals surface area contributed by atoms with Crippen molar-refractivity contribution < 1.29 is 9.90 Å². The van der Waals surface area contributed by atoms with Crippen LogP contribution < -0.4 is 0 Å². The largest absolute Gasteiger partial charge is 0.481 e. The summed E-state index contributed by atoms with van der Waals surface area (Å²) >= 11 is 0. The first-order valence-corrected chi connectivity index (χ1v) is 5.94. The highest BCUT2D eigenvalue weighted by molar-refractivity contribution is 5.66. The van der Waals surface area contributed by atoms with Crippen molar-refractivity contribution in [3.05, 3.63) is 35.4 Å². The van der Waals surface area contributed by atoms with Gasteiger partial charge in [-0.3, -0.25) is 4.79 Å². The van der Waals surface area contributed by atoms with Crippen LogP contribution in [0.2, 0.25) is 0 Å². The van der Waals surface area contributed by atoms with Gasteiger partial charge in [-0.25, -0.2) is 0 Å². The second-order valence-corrected chi connectivity index (χ2v) is 4.33. The lowest BCUT2D eigenvalue weighted by molar-refractivity contribution is -0.137. The van der Waals surface area contributed by atoms with Gasteiger partial charge in [0.25, 0.3) is 0 Å². The standard InChI is InChI=1S/C14H20O2/c1-3-4-12-6-8-13(9-7-12)11(2)5-10-14(15)16/h6-9,11H,3-5,10H2,1-2H3,(H,15,16). The van der Waals surface area contributed by atoms with Gasteiger partial charge in [0.1, 0.15) is 0 Å². The Kier molecular flexibility index (Phi) is 5.03. The lowest BCUT2D eigenvalue weighted by Gasteiger charge is -2.11. The molecule has 0 aliphatic heterocycles. The van der Waals surface area contributed by atoms with Gasteiger partial charge in [-0.15, -0.1) is 0 Å². The second-order valence-electron chi connectivity index (χ2n) is 4.33. The molecule has 0 aliphatic carbocycles. The van der Waals surface area contributed by atoms with Crippen LogP contribution in [-0.2, 0) is 11.2 Å². The van der Waals surface area contributed by atoms with Crippen molar-refractivity contribution in [2.24, 2.45) is 0 Å². The Labute approximate surface area is 97.3 Å². The van der Waals surface area contributed by atoms with E-state index in [1.165, 1.54) is 11.1 Å². The molecule has 1 unspecified atom stereocenters. The van der Waals surface area contributed by atoms with E-state index in [0.717, 1.165) is 12.8 Å². The zero-order valence-electron chi connectivity index (χ0n) is 10.1. The van der Waals surface area contributed by atoms with Crippen LogP contribution in [-0.4, -0.2) is 11.1 Å². The van der Waals surface area contributed by atoms with Crippen LogP contribution in [0.5, 0.6) is 0 Å². The van der Waals surface area contributed by atoms with E-state index >= 15 is 0 Å². The van der Waals surface area contributed by atoms with Gasteiger partial charge in [-0.1, -0.05) is 44.5 Å². The number of aryl methyl sites for hydroxylation is 1. The molecule has 0 saturated carbocycles. The maximum atomic E-state index is 10.5. The number of rotatable bonds is 6. The summed E-state index contributed by atoms with van der Waals surface area (Å²) in [6.07, 6.45) is 3.23. The number of benzene rings is 1. The van der Waals surface area contributed by atoms with Gasteiger partial charge in [0.15, 0.2) is 0 Å². The quantitative estimate of drug-likeness (QED) is 0.795. The average Bonchev–Trinajstić information content (AvgIpc) is 2.27. The third-order valence-corrected chi connectivity index (χ3v) is 2.88. The van der Waals surface area contributed by atoms with E-state index in [1.807, 2.05) is 0 Å². The molecule has 2 nitrogen and oxygen atoms in total. The Morgan fingerprint density at radius 3 is 2.44 bits per heavy atom. The van der Waals surface area contributed by atoms with Gasteiger partial charge in [0, 0.05) is 6.42 Å². The van der Waals surface area contributed by atoms with Gasteiger partial charge in [0.05, 0.1) is 0 Å². The highest BCUT2D eigenvalue weighted by Gasteiger charge is 2.07. The van der Waals surface area contributed by atoms with E-state index in [4.69, 9.17) is 5.11 Å². The van der Waals surface area contributed by atoms with Gasteiger partial charge >= 0.3 is 5.97 Å². The number of carboxylic acids is 1. The minimum Gasteiger partial charge on any atom is -0.481 e. The monoisotopic (exact) mass is 220 g/mol. The van der Waals surface area contributed by atoms with Crippen molar-refractivity contribution in [2.75, 3.05) is 0 Å². The topological polar surface area (TPSA) is 37.3 Å². The average molecular weight is 220 g/mol. The molecule has 1 atom stereocenters. The summed E-state index contributed by atoms with van der Waals surface area (Å²) in [7, 11) is 0. The molecule has 0 radical (unpaired) electrons. The predicted molar refractivity (Wildman–Crippen MR) is 65.7 cm³/mol. The first kappa shape index (κ1) is 12.8. The zero-order chi connectivity index (χ0) is 12.0. The molecule has 0 bridgehead atoms. The molecule has 0 aliphatic rings. The fourth-order valence-electron chi connectivity index (χ4n) is 1.81. The van der Waals surface area contributed by atoms with Crippen LogP contribution in [0.15, 0.2) is 24.3 Å². The molecule has 0 saturated heterocycles. The highest BCUT2D eigenvalue weighted by atomic mass is 16.4. The molecule has 0 spiro atoms. The Morgan fingerprint density at radius 2 is 1.94 bits per heavy atom. The molecule has 0 aromatic heterocycles. The number of hydrogen-bond acceptors (Lipinski definition) is 1. The van der Waals surface area contributed by atoms with Gasteiger partial charge in [0.2, 0.25) is 0 Å². The van der Waals surface area contributed by atoms with Crippen molar-refractivity contribution in [3.63, 3.8) is 0 Å². The van der Waals surface area contributed by atoms with Crippen LogP contribution in [0.3, 0.4) is 0 Å². The minimum atomic E-state index is -0.713. The fourth-order valence-corrected chi connectivity index (χ4v) is 1.81. The van der Waals surface area contributed by atoms with E-state index in [-0.39, 0.29) is 6.42 Å². The van der Waals surface area contributed by atoms with E-state index < -0.39 is 5.97 Å². The summed E-state index contributed by atoms with van der Waals surface area (Å²) < 4.78 is 0. The fraction of sp³-hybridized carbons (Fsp3) is 0.500. The Hall–Kier alpha value is -1.31. The number of aliphatic carboxylic acids is 1. The first-order chi connectivity index (χ1) is 7.63. The van der Waals surface area contributed by atoms with Gasteiger partial charge < -0.3 is 5.11 Å². The van der Waals surface area contributed by atoms with E-state index in [0.29, 0.717) is 12.3 Å². The number of carboxylic acid groups (broad SMARTS) is 1. The van der Waals surface area contributed by atoms with Crippen molar-refractivity contribution in [1.82, 2.24) is 0 Å². The molecule has 2 heteroatoms. The normalized spacial score (nSPS) is 12.4. The lowest BCUT2D eigenvalue weighted by Crippen LogP contribution is -2.00.